The molecule has 0 aliphatic heterocycles. The second kappa shape index (κ2) is 6.57. The van der Waals surface area contributed by atoms with Crippen LogP contribution in [-0.2, 0) is 4.74 Å². The van der Waals surface area contributed by atoms with Crippen LogP contribution < -0.4 is 0 Å². The Balaban J connectivity index is 1.61. The van der Waals surface area contributed by atoms with Crippen molar-refractivity contribution in [3.05, 3.63) is 58.7 Å². The topological polar surface area (TPSA) is 82.3 Å². The molecule has 2 aromatic heterocycles. The Hall–Kier alpha value is -3.09. The van der Waals surface area contributed by atoms with E-state index in [-0.39, 0.29) is 5.56 Å². The lowest BCUT2D eigenvalue weighted by atomic mass is 10.1. The third kappa shape index (κ3) is 3.32. The van der Waals surface area contributed by atoms with E-state index in [9.17, 15) is 14.0 Å². The van der Waals surface area contributed by atoms with E-state index in [0.29, 0.717) is 28.3 Å². The normalized spacial score (nSPS) is 14.9. The van der Waals surface area contributed by atoms with Crippen LogP contribution in [0.2, 0.25) is 0 Å². The number of halogens is 1. The number of aromatic nitrogens is 2. The number of fused-ring (bicyclic) bond motifs is 1. The molecular weight excluding hydrogens is 351 g/mol. The Morgan fingerprint density at radius 3 is 2.63 bits per heavy atom. The first-order chi connectivity index (χ1) is 12.9. The molecule has 0 saturated heterocycles. The number of ketones is 1. The highest BCUT2D eigenvalue weighted by molar-refractivity contribution is 6.05. The van der Waals surface area contributed by atoms with Crippen molar-refractivity contribution in [2.24, 2.45) is 0 Å². The number of carbonyl (C=O) groups is 2. The number of hydrogen-bond donors (Lipinski definition) is 0. The van der Waals surface area contributed by atoms with Crippen molar-refractivity contribution in [1.29, 1.82) is 0 Å². The molecule has 0 N–H and O–H groups in total. The van der Waals surface area contributed by atoms with Crippen LogP contribution in [0.3, 0.4) is 0 Å². The fraction of sp³-hybridized carbons (Fsp3) is 0.300. The summed E-state index contributed by atoms with van der Waals surface area (Å²) in [6, 6.07) is 6.80. The lowest BCUT2D eigenvalue weighted by molar-refractivity contribution is 0.0320. The molecule has 4 rings (SSSR count). The number of esters is 1. The van der Waals surface area contributed by atoms with E-state index in [1.54, 1.807) is 13.0 Å². The summed E-state index contributed by atoms with van der Waals surface area (Å²) < 4.78 is 23.6. The van der Waals surface area contributed by atoms with Gasteiger partial charge in [0.2, 0.25) is 5.78 Å². The number of carbonyl (C=O) groups excluding carboxylic acids is 2. The zero-order chi connectivity index (χ0) is 19.1. The van der Waals surface area contributed by atoms with Gasteiger partial charge in [0.25, 0.3) is 5.71 Å². The molecule has 0 spiro atoms. The van der Waals surface area contributed by atoms with Crippen LogP contribution in [0.15, 0.2) is 34.9 Å². The quantitative estimate of drug-likeness (QED) is 0.500. The number of aryl methyl sites for hydroxylation is 1. The summed E-state index contributed by atoms with van der Waals surface area (Å²) in [7, 11) is 0. The Bertz CT molecular complexity index is 1040. The van der Waals surface area contributed by atoms with Crippen LogP contribution in [0.5, 0.6) is 0 Å². The SMILES string of the molecule is Cc1noc2nc(C3CC3)cc(C(=O)O[C@@H](C)C(=O)c3ccc(F)cc3)c12. The first kappa shape index (κ1) is 17.3. The van der Waals surface area contributed by atoms with E-state index in [2.05, 4.69) is 10.1 Å². The maximum Gasteiger partial charge on any atom is 0.339 e. The van der Waals surface area contributed by atoms with Gasteiger partial charge in [-0.1, -0.05) is 5.16 Å². The smallest absolute Gasteiger partial charge is 0.339 e. The number of ether oxygens (including phenoxy) is 1. The Labute approximate surface area is 154 Å². The largest absolute Gasteiger partial charge is 0.451 e. The van der Waals surface area contributed by atoms with Gasteiger partial charge >= 0.3 is 5.97 Å². The lowest BCUT2D eigenvalue weighted by Gasteiger charge is -2.13. The first-order valence-corrected chi connectivity index (χ1v) is 8.71. The van der Waals surface area contributed by atoms with Gasteiger partial charge in [0, 0.05) is 17.2 Å². The Kier molecular flexibility index (Phi) is 4.22. The van der Waals surface area contributed by atoms with Crippen LogP contribution in [-0.4, -0.2) is 28.0 Å². The monoisotopic (exact) mass is 368 g/mol. The number of Topliss-reactive ketones (excluding diaryl/α,β-unsaturated/α-hetero) is 1. The van der Waals surface area contributed by atoms with Crippen LogP contribution in [0.25, 0.3) is 11.1 Å². The van der Waals surface area contributed by atoms with Gasteiger partial charge in [-0.05, 0) is 57.0 Å². The minimum atomic E-state index is -1.02. The molecule has 1 saturated carbocycles. The Morgan fingerprint density at radius 1 is 1.26 bits per heavy atom. The summed E-state index contributed by atoms with van der Waals surface area (Å²) in [5, 5.41) is 4.37. The van der Waals surface area contributed by atoms with Gasteiger partial charge in [-0.3, -0.25) is 4.79 Å². The van der Waals surface area contributed by atoms with Gasteiger partial charge in [-0.2, -0.15) is 0 Å². The van der Waals surface area contributed by atoms with Crippen molar-refractivity contribution in [3.8, 4) is 0 Å². The van der Waals surface area contributed by atoms with E-state index < -0.39 is 23.7 Å². The summed E-state index contributed by atoms with van der Waals surface area (Å²) in [4.78, 5) is 29.7. The number of benzene rings is 1. The highest BCUT2D eigenvalue weighted by Crippen LogP contribution is 2.40. The second-order valence-corrected chi connectivity index (χ2v) is 6.74. The third-order valence-corrected chi connectivity index (χ3v) is 4.63. The van der Waals surface area contributed by atoms with E-state index in [0.717, 1.165) is 18.5 Å². The molecule has 1 aliphatic carbocycles. The highest BCUT2D eigenvalue weighted by Gasteiger charge is 2.30. The molecule has 1 aliphatic rings. The van der Waals surface area contributed by atoms with E-state index >= 15 is 0 Å². The fourth-order valence-corrected chi connectivity index (χ4v) is 2.99. The molecular formula is C20H17FN2O4. The number of rotatable bonds is 5. The van der Waals surface area contributed by atoms with Gasteiger partial charge in [0.1, 0.15) is 5.82 Å². The standard InChI is InChI=1S/C20H17FN2O4/c1-10-17-15(9-16(12-3-4-12)22-19(17)27-23-10)20(25)26-11(2)18(24)13-5-7-14(21)8-6-13/h5-9,11-12H,3-4H2,1-2H3/t11-/m0/s1. The minimum absolute atomic E-state index is 0.274. The third-order valence-electron chi connectivity index (χ3n) is 4.63. The van der Waals surface area contributed by atoms with Crippen LogP contribution in [0.1, 0.15) is 57.8 Å². The first-order valence-electron chi connectivity index (χ1n) is 8.71. The number of nitrogens with zero attached hydrogens (tertiary/aromatic N) is 2. The highest BCUT2D eigenvalue weighted by atomic mass is 19.1. The van der Waals surface area contributed by atoms with Crippen molar-refractivity contribution in [1.82, 2.24) is 10.1 Å². The van der Waals surface area contributed by atoms with Crippen molar-refractivity contribution in [3.63, 3.8) is 0 Å². The summed E-state index contributed by atoms with van der Waals surface area (Å²) in [5.41, 5.74) is 2.16. The molecule has 1 fully saturated rings. The molecule has 1 atom stereocenters. The average molecular weight is 368 g/mol. The van der Waals surface area contributed by atoms with Gasteiger partial charge in [-0.15, -0.1) is 0 Å². The maximum atomic E-state index is 13.0. The van der Waals surface area contributed by atoms with Crippen LogP contribution in [0.4, 0.5) is 4.39 Å². The van der Waals surface area contributed by atoms with E-state index in [1.807, 2.05) is 0 Å². The molecule has 2 heterocycles. The summed E-state index contributed by atoms with van der Waals surface area (Å²) >= 11 is 0. The zero-order valence-electron chi connectivity index (χ0n) is 14.9. The summed E-state index contributed by atoms with van der Waals surface area (Å²) in [5.74, 6) is -1.17. The number of pyridine rings is 1. The van der Waals surface area contributed by atoms with Crippen molar-refractivity contribution in [2.45, 2.75) is 38.7 Å². The maximum absolute atomic E-state index is 13.0. The van der Waals surface area contributed by atoms with Crippen molar-refractivity contribution >= 4 is 22.9 Å². The summed E-state index contributed by atoms with van der Waals surface area (Å²) in [6.45, 7) is 3.21. The van der Waals surface area contributed by atoms with E-state index in [4.69, 9.17) is 9.26 Å². The molecule has 138 valence electrons. The molecule has 0 bridgehead atoms. The second-order valence-electron chi connectivity index (χ2n) is 6.74. The van der Waals surface area contributed by atoms with E-state index in [1.165, 1.54) is 31.2 Å². The fourth-order valence-electron chi connectivity index (χ4n) is 2.99. The molecule has 1 aromatic carbocycles. The van der Waals surface area contributed by atoms with Crippen LogP contribution >= 0.6 is 0 Å². The molecule has 0 amide bonds. The molecule has 7 heteroatoms. The van der Waals surface area contributed by atoms with Gasteiger partial charge in [0.05, 0.1) is 16.6 Å². The number of hydrogen-bond acceptors (Lipinski definition) is 6. The molecule has 27 heavy (non-hydrogen) atoms. The minimum Gasteiger partial charge on any atom is -0.451 e. The zero-order valence-corrected chi connectivity index (χ0v) is 14.9. The predicted octanol–water partition coefficient (Wildman–Crippen LogP) is 3.98. The van der Waals surface area contributed by atoms with Crippen molar-refractivity contribution in [2.75, 3.05) is 0 Å². The molecule has 3 aromatic rings. The average Bonchev–Trinajstić information content (AvgIpc) is 3.44. The molecule has 0 radical (unpaired) electrons. The lowest BCUT2D eigenvalue weighted by Crippen LogP contribution is -2.24. The van der Waals surface area contributed by atoms with Gasteiger partial charge < -0.3 is 9.26 Å². The molecule has 6 nitrogen and oxygen atoms in total. The van der Waals surface area contributed by atoms with Gasteiger partial charge in [-0.25, -0.2) is 14.2 Å². The van der Waals surface area contributed by atoms with Gasteiger partial charge in [0.15, 0.2) is 6.10 Å². The predicted molar refractivity (Wildman–Crippen MR) is 94.1 cm³/mol. The Morgan fingerprint density at radius 2 is 1.96 bits per heavy atom. The molecule has 0 unspecified atom stereocenters. The van der Waals surface area contributed by atoms with Crippen LogP contribution in [0, 0.1) is 12.7 Å². The van der Waals surface area contributed by atoms with Crippen molar-refractivity contribution < 1.29 is 23.2 Å². The summed E-state index contributed by atoms with van der Waals surface area (Å²) in [6.07, 6.45) is 1.01.